The third-order valence-electron chi connectivity index (χ3n) is 3.08. The molecule has 88 valence electrons. The Labute approximate surface area is 102 Å². The Morgan fingerprint density at radius 1 is 1.25 bits per heavy atom. The lowest BCUT2D eigenvalue weighted by molar-refractivity contribution is 0.288. The van der Waals surface area contributed by atoms with Gasteiger partial charge < -0.3 is 10.0 Å². The molecule has 0 radical (unpaired) electrons. The first-order valence-corrected chi connectivity index (χ1v) is 6.33. The maximum Gasteiger partial charge on any atom is 0.0642 e. The average Bonchev–Trinajstić information content (AvgIpc) is 2.80. The van der Waals surface area contributed by atoms with Crippen molar-refractivity contribution in [3.05, 3.63) is 28.8 Å². The zero-order chi connectivity index (χ0) is 11.4. The SMILES string of the molecule is OCCCc1ccc(N2CCCC2)c(Cl)c1. The molecule has 1 heterocycles. The standard InChI is InChI=1S/C13H18ClNO/c14-12-10-11(4-3-9-16)5-6-13(12)15-7-1-2-8-15/h5-6,10,16H,1-4,7-9H2. The van der Waals surface area contributed by atoms with Gasteiger partial charge in [0.05, 0.1) is 10.7 Å². The second kappa shape index (κ2) is 5.55. The molecule has 1 saturated heterocycles. The van der Waals surface area contributed by atoms with E-state index in [1.165, 1.54) is 18.4 Å². The van der Waals surface area contributed by atoms with Gasteiger partial charge in [0.2, 0.25) is 0 Å². The summed E-state index contributed by atoms with van der Waals surface area (Å²) < 4.78 is 0. The Morgan fingerprint density at radius 2 is 2.00 bits per heavy atom. The second-order valence-corrected chi connectivity index (χ2v) is 4.71. The van der Waals surface area contributed by atoms with Crippen molar-refractivity contribution in [2.75, 3.05) is 24.6 Å². The van der Waals surface area contributed by atoms with Crippen LogP contribution in [-0.2, 0) is 6.42 Å². The Kier molecular flexibility index (Phi) is 4.08. The van der Waals surface area contributed by atoms with Crippen molar-refractivity contribution in [2.24, 2.45) is 0 Å². The summed E-state index contributed by atoms with van der Waals surface area (Å²) in [6.45, 7) is 2.48. The molecule has 1 N–H and O–H groups in total. The van der Waals surface area contributed by atoms with Gasteiger partial charge in [-0.1, -0.05) is 17.7 Å². The highest BCUT2D eigenvalue weighted by molar-refractivity contribution is 6.33. The molecular weight excluding hydrogens is 222 g/mol. The quantitative estimate of drug-likeness (QED) is 0.874. The van der Waals surface area contributed by atoms with E-state index in [-0.39, 0.29) is 6.61 Å². The van der Waals surface area contributed by atoms with Gasteiger partial charge in [0.15, 0.2) is 0 Å². The second-order valence-electron chi connectivity index (χ2n) is 4.31. The third kappa shape index (κ3) is 2.69. The molecule has 1 fully saturated rings. The van der Waals surface area contributed by atoms with E-state index in [0.717, 1.165) is 36.6 Å². The molecule has 1 aliphatic heterocycles. The number of benzene rings is 1. The predicted octanol–water partition coefficient (Wildman–Crippen LogP) is 2.87. The van der Waals surface area contributed by atoms with E-state index >= 15 is 0 Å². The van der Waals surface area contributed by atoms with Gasteiger partial charge >= 0.3 is 0 Å². The number of aliphatic hydroxyl groups is 1. The van der Waals surface area contributed by atoms with Crippen LogP contribution in [0.25, 0.3) is 0 Å². The van der Waals surface area contributed by atoms with Crippen molar-refractivity contribution in [1.82, 2.24) is 0 Å². The zero-order valence-electron chi connectivity index (χ0n) is 9.45. The zero-order valence-corrected chi connectivity index (χ0v) is 10.2. The molecule has 1 aromatic carbocycles. The maximum atomic E-state index is 8.78. The lowest BCUT2D eigenvalue weighted by Crippen LogP contribution is -2.17. The fraction of sp³-hybridized carbons (Fsp3) is 0.538. The summed E-state index contributed by atoms with van der Waals surface area (Å²) in [5.74, 6) is 0. The molecule has 0 amide bonds. The molecule has 0 saturated carbocycles. The van der Waals surface area contributed by atoms with Crippen LogP contribution in [0.5, 0.6) is 0 Å². The van der Waals surface area contributed by atoms with E-state index < -0.39 is 0 Å². The number of rotatable bonds is 4. The number of hydrogen-bond donors (Lipinski definition) is 1. The highest BCUT2D eigenvalue weighted by Gasteiger charge is 2.14. The minimum atomic E-state index is 0.242. The van der Waals surface area contributed by atoms with Gasteiger partial charge in [0, 0.05) is 19.7 Å². The minimum Gasteiger partial charge on any atom is -0.396 e. The molecule has 0 spiro atoms. The lowest BCUT2D eigenvalue weighted by Gasteiger charge is -2.19. The van der Waals surface area contributed by atoms with Gasteiger partial charge in [-0.2, -0.15) is 0 Å². The summed E-state index contributed by atoms with van der Waals surface area (Å²) in [4.78, 5) is 2.35. The van der Waals surface area contributed by atoms with Crippen LogP contribution >= 0.6 is 11.6 Å². The fourth-order valence-corrected chi connectivity index (χ4v) is 2.53. The molecule has 0 aromatic heterocycles. The van der Waals surface area contributed by atoms with Crippen molar-refractivity contribution >= 4 is 17.3 Å². The number of aryl methyl sites for hydroxylation is 1. The van der Waals surface area contributed by atoms with E-state index in [9.17, 15) is 0 Å². The summed E-state index contributed by atoms with van der Waals surface area (Å²) in [6, 6.07) is 6.26. The van der Waals surface area contributed by atoms with Crippen molar-refractivity contribution in [2.45, 2.75) is 25.7 Å². The molecule has 2 rings (SSSR count). The van der Waals surface area contributed by atoms with Crippen molar-refractivity contribution < 1.29 is 5.11 Å². The number of hydrogen-bond acceptors (Lipinski definition) is 2. The van der Waals surface area contributed by atoms with Crippen LogP contribution in [0.1, 0.15) is 24.8 Å². The molecule has 2 nitrogen and oxygen atoms in total. The summed E-state index contributed by atoms with van der Waals surface area (Å²) in [5.41, 5.74) is 2.37. The molecule has 0 aliphatic carbocycles. The highest BCUT2D eigenvalue weighted by Crippen LogP contribution is 2.29. The van der Waals surface area contributed by atoms with Crippen molar-refractivity contribution in [1.29, 1.82) is 0 Å². The van der Waals surface area contributed by atoms with Gasteiger partial charge in [-0.3, -0.25) is 0 Å². The van der Waals surface area contributed by atoms with Gasteiger partial charge in [-0.05, 0) is 43.4 Å². The van der Waals surface area contributed by atoms with Gasteiger partial charge in [0.25, 0.3) is 0 Å². The van der Waals surface area contributed by atoms with E-state index in [4.69, 9.17) is 16.7 Å². The smallest absolute Gasteiger partial charge is 0.0642 e. The molecule has 0 bridgehead atoms. The molecule has 1 aliphatic rings. The largest absolute Gasteiger partial charge is 0.396 e. The van der Waals surface area contributed by atoms with Gasteiger partial charge in [-0.25, -0.2) is 0 Å². The Hall–Kier alpha value is -0.730. The summed E-state index contributed by atoms with van der Waals surface area (Å²) in [5, 5.41) is 9.63. The molecule has 0 atom stereocenters. The number of nitrogens with zero attached hydrogens (tertiary/aromatic N) is 1. The third-order valence-corrected chi connectivity index (χ3v) is 3.39. The Balaban J connectivity index is 2.09. The number of halogens is 1. The van der Waals surface area contributed by atoms with Crippen LogP contribution in [0.4, 0.5) is 5.69 Å². The average molecular weight is 240 g/mol. The lowest BCUT2D eigenvalue weighted by atomic mass is 10.1. The molecular formula is C13H18ClNO. The maximum absolute atomic E-state index is 8.78. The minimum absolute atomic E-state index is 0.242. The van der Waals surface area contributed by atoms with Crippen LogP contribution in [0.15, 0.2) is 18.2 Å². The highest BCUT2D eigenvalue weighted by atomic mass is 35.5. The summed E-state index contributed by atoms with van der Waals surface area (Å²) >= 11 is 6.28. The summed E-state index contributed by atoms with van der Waals surface area (Å²) in [6.07, 6.45) is 4.24. The monoisotopic (exact) mass is 239 g/mol. The Bertz CT molecular complexity index is 348. The topological polar surface area (TPSA) is 23.5 Å². The molecule has 1 aromatic rings. The first kappa shape index (κ1) is 11.7. The number of aliphatic hydroxyl groups excluding tert-OH is 1. The van der Waals surface area contributed by atoms with Crippen LogP contribution in [0.2, 0.25) is 5.02 Å². The first-order chi connectivity index (χ1) is 7.81. The van der Waals surface area contributed by atoms with E-state index in [1.807, 2.05) is 6.07 Å². The number of anilines is 1. The van der Waals surface area contributed by atoms with E-state index in [2.05, 4.69) is 17.0 Å². The normalized spacial score (nSPS) is 15.8. The van der Waals surface area contributed by atoms with Crippen LogP contribution in [-0.4, -0.2) is 24.8 Å². The molecule has 16 heavy (non-hydrogen) atoms. The van der Waals surface area contributed by atoms with Crippen LogP contribution in [0.3, 0.4) is 0 Å². The fourth-order valence-electron chi connectivity index (χ4n) is 2.20. The molecule has 3 heteroatoms. The first-order valence-electron chi connectivity index (χ1n) is 5.95. The predicted molar refractivity (Wildman–Crippen MR) is 68.3 cm³/mol. The van der Waals surface area contributed by atoms with Gasteiger partial charge in [0.1, 0.15) is 0 Å². The van der Waals surface area contributed by atoms with Crippen LogP contribution in [0, 0.1) is 0 Å². The van der Waals surface area contributed by atoms with Gasteiger partial charge in [-0.15, -0.1) is 0 Å². The molecule has 0 unspecified atom stereocenters. The van der Waals surface area contributed by atoms with Crippen LogP contribution < -0.4 is 4.90 Å². The summed E-state index contributed by atoms with van der Waals surface area (Å²) in [7, 11) is 0. The Morgan fingerprint density at radius 3 is 2.62 bits per heavy atom. The van der Waals surface area contributed by atoms with Crippen molar-refractivity contribution in [3.63, 3.8) is 0 Å². The van der Waals surface area contributed by atoms with Crippen molar-refractivity contribution in [3.8, 4) is 0 Å². The van der Waals surface area contributed by atoms with E-state index in [0.29, 0.717) is 0 Å². The van der Waals surface area contributed by atoms with E-state index in [1.54, 1.807) is 0 Å².